The van der Waals surface area contributed by atoms with E-state index in [1.165, 1.54) is 4.70 Å². The van der Waals surface area contributed by atoms with Crippen LogP contribution in [0.2, 0.25) is 0 Å². The number of piperazine rings is 1. The average molecular weight is 262 g/mol. The van der Waals surface area contributed by atoms with Crippen molar-refractivity contribution in [3.8, 4) is 0 Å². The van der Waals surface area contributed by atoms with E-state index in [1.54, 1.807) is 17.7 Å². The van der Waals surface area contributed by atoms with Gasteiger partial charge in [0.1, 0.15) is 12.1 Å². The van der Waals surface area contributed by atoms with Gasteiger partial charge >= 0.3 is 0 Å². The standard InChI is InChI=1S/C13H18N4S/c1-9(2)11-7-17(5-4-14-11)13-12-10(3-6-18-12)15-8-16-13/h3,6,8-9,11,14H,4-5,7H2,1-2H3. The van der Waals surface area contributed by atoms with E-state index in [0.29, 0.717) is 12.0 Å². The average Bonchev–Trinajstić information content (AvgIpc) is 2.87. The van der Waals surface area contributed by atoms with Crippen LogP contribution in [0.25, 0.3) is 10.2 Å². The van der Waals surface area contributed by atoms with E-state index in [0.717, 1.165) is 31.0 Å². The molecule has 96 valence electrons. The molecule has 1 aliphatic rings. The van der Waals surface area contributed by atoms with Crippen molar-refractivity contribution >= 4 is 27.4 Å². The van der Waals surface area contributed by atoms with Crippen molar-refractivity contribution < 1.29 is 0 Å². The number of anilines is 1. The second-order valence-electron chi connectivity index (χ2n) is 5.08. The maximum absolute atomic E-state index is 4.49. The Hall–Kier alpha value is -1.20. The van der Waals surface area contributed by atoms with Crippen molar-refractivity contribution in [1.82, 2.24) is 15.3 Å². The van der Waals surface area contributed by atoms with E-state index in [9.17, 15) is 0 Å². The fourth-order valence-electron chi connectivity index (χ4n) is 2.42. The van der Waals surface area contributed by atoms with Crippen LogP contribution in [0.5, 0.6) is 0 Å². The van der Waals surface area contributed by atoms with Gasteiger partial charge in [0.2, 0.25) is 0 Å². The molecular weight excluding hydrogens is 244 g/mol. The van der Waals surface area contributed by atoms with Crippen molar-refractivity contribution in [2.75, 3.05) is 24.5 Å². The molecule has 0 saturated carbocycles. The maximum Gasteiger partial charge on any atom is 0.150 e. The highest BCUT2D eigenvalue weighted by Crippen LogP contribution is 2.28. The summed E-state index contributed by atoms with van der Waals surface area (Å²) < 4.78 is 1.21. The summed E-state index contributed by atoms with van der Waals surface area (Å²) in [5.41, 5.74) is 1.06. The first-order valence-electron chi connectivity index (χ1n) is 6.42. The Morgan fingerprint density at radius 3 is 3.17 bits per heavy atom. The quantitative estimate of drug-likeness (QED) is 0.900. The van der Waals surface area contributed by atoms with Crippen LogP contribution in [0, 0.1) is 5.92 Å². The van der Waals surface area contributed by atoms with Crippen molar-refractivity contribution in [3.63, 3.8) is 0 Å². The number of hydrogen-bond donors (Lipinski definition) is 1. The zero-order valence-corrected chi connectivity index (χ0v) is 11.6. The first-order valence-corrected chi connectivity index (χ1v) is 7.30. The molecule has 1 saturated heterocycles. The SMILES string of the molecule is CC(C)C1CN(c2ncnc3ccsc23)CCN1. The Morgan fingerprint density at radius 2 is 2.33 bits per heavy atom. The van der Waals surface area contributed by atoms with Gasteiger partial charge in [-0.1, -0.05) is 13.8 Å². The monoisotopic (exact) mass is 262 g/mol. The number of aromatic nitrogens is 2. The molecule has 1 N–H and O–H groups in total. The lowest BCUT2D eigenvalue weighted by Crippen LogP contribution is -2.53. The molecular formula is C13H18N4S. The zero-order valence-electron chi connectivity index (χ0n) is 10.8. The fourth-order valence-corrected chi connectivity index (χ4v) is 3.28. The largest absolute Gasteiger partial charge is 0.352 e. The van der Waals surface area contributed by atoms with Gasteiger partial charge < -0.3 is 10.2 Å². The number of thiophene rings is 1. The molecule has 3 heterocycles. The zero-order chi connectivity index (χ0) is 12.5. The number of fused-ring (bicyclic) bond motifs is 1. The second-order valence-corrected chi connectivity index (χ2v) is 6.00. The molecule has 4 nitrogen and oxygen atoms in total. The predicted molar refractivity (Wildman–Crippen MR) is 76.3 cm³/mol. The maximum atomic E-state index is 4.49. The van der Waals surface area contributed by atoms with E-state index in [2.05, 4.69) is 45.5 Å². The minimum absolute atomic E-state index is 0.545. The van der Waals surface area contributed by atoms with E-state index < -0.39 is 0 Å². The summed E-state index contributed by atoms with van der Waals surface area (Å²) in [5, 5.41) is 5.67. The number of rotatable bonds is 2. The molecule has 0 radical (unpaired) electrons. The van der Waals surface area contributed by atoms with Gasteiger partial charge in [-0.15, -0.1) is 11.3 Å². The Balaban J connectivity index is 1.92. The highest BCUT2D eigenvalue weighted by atomic mass is 32.1. The molecule has 18 heavy (non-hydrogen) atoms. The molecule has 5 heteroatoms. The van der Waals surface area contributed by atoms with Crippen LogP contribution in [-0.2, 0) is 0 Å². The van der Waals surface area contributed by atoms with Gasteiger partial charge in [0.05, 0.1) is 10.2 Å². The summed E-state index contributed by atoms with van der Waals surface area (Å²) in [6.45, 7) is 7.61. The van der Waals surface area contributed by atoms with Gasteiger partial charge in [-0.05, 0) is 17.4 Å². The van der Waals surface area contributed by atoms with Crippen molar-refractivity contribution in [2.45, 2.75) is 19.9 Å². The number of nitrogens with zero attached hydrogens (tertiary/aromatic N) is 3. The minimum atomic E-state index is 0.545. The van der Waals surface area contributed by atoms with Crippen molar-refractivity contribution in [2.24, 2.45) is 5.92 Å². The van der Waals surface area contributed by atoms with Gasteiger partial charge in [0.25, 0.3) is 0 Å². The van der Waals surface area contributed by atoms with Crippen LogP contribution in [0.3, 0.4) is 0 Å². The topological polar surface area (TPSA) is 41.1 Å². The summed E-state index contributed by atoms with van der Waals surface area (Å²) in [6.07, 6.45) is 1.68. The Bertz CT molecular complexity index is 537. The smallest absolute Gasteiger partial charge is 0.150 e. The molecule has 0 aromatic carbocycles. The van der Waals surface area contributed by atoms with Gasteiger partial charge in [0.15, 0.2) is 0 Å². The van der Waals surface area contributed by atoms with Crippen LogP contribution in [0.1, 0.15) is 13.8 Å². The molecule has 1 fully saturated rings. The van der Waals surface area contributed by atoms with Gasteiger partial charge in [-0.2, -0.15) is 0 Å². The van der Waals surface area contributed by atoms with E-state index in [-0.39, 0.29) is 0 Å². The lowest BCUT2D eigenvalue weighted by atomic mass is 10.0. The number of nitrogens with one attached hydrogen (secondary N) is 1. The first-order chi connectivity index (χ1) is 8.75. The predicted octanol–water partition coefficient (Wildman–Crippen LogP) is 2.13. The summed E-state index contributed by atoms with van der Waals surface area (Å²) >= 11 is 1.73. The fraction of sp³-hybridized carbons (Fsp3) is 0.538. The van der Waals surface area contributed by atoms with Gasteiger partial charge in [-0.25, -0.2) is 9.97 Å². The summed E-state index contributed by atoms with van der Waals surface area (Å²) in [6, 6.07) is 2.61. The van der Waals surface area contributed by atoms with Crippen LogP contribution in [0.15, 0.2) is 17.8 Å². The van der Waals surface area contributed by atoms with Crippen LogP contribution in [-0.4, -0.2) is 35.6 Å². The normalized spacial score (nSPS) is 20.8. The summed E-state index contributed by atoms with van der Waals surface area (Å²) in [7, 11) is 0. The molecule has 2 aromatic rings. The van der Waals surface area contributed by atoms with Gasteiger partial charge in [0, 0.05) is 25.7 Å². The second kappa shape index (κ2) is 4.82. The van der Waals surface area contributed by atoms with E-state index in [4.69, 9.17) is 0 Å². The minimum Gasteiger partial charge on any atom is -0.352 e. The lowest BCUT2D eigenvalue weighted by molar-refractivity contribution is 0.367. The van der Waals surface area contributed by atoms with Gasteiger partial charge in [-0.3, -0.25) is 0 Å². The molecule has 0 aliphatic carbocycles. The molecule has 1 atom stereocenters. The molecule has 2 aromatic heterocycles. The highest BCUT2D eigenvalue weighted by molar-refractivity contribution is 7.17. The molecule has 1 aliphatic heterocycles. The third-order valence-corrected chi connectivity index (χ3v) is 4.43. The molecule has 0 spiro atoms. The Labute approximate surface area is 111 Å². The third-order valence-electron chi connectivity index (χ3n) is 3.53. The molecule has 3 rings (SSSR count). The Morgan fingerprint density at radius 1 is 1.44 bits per heavy atom. The van der Waals surface area contributed by atoms with E-state index >= 15 is 0 Å². The third kappa shape index (κ3) is 2.08. The summed E-state index contributed by atoms with van der Waals surface area (Å²) in [4.78, 5) is 11.2. The van der Waals surface area contributed by atoms with Crippen LogP contribution < -0.4 is 10.2 Å². The molecule has 0 bridgehead atoms. The molecule has 1 unspecified atom stereocenters. The van der Waals surface area contributed by atoms with E-state index in [1.807, 2.05) is 0 Å². The number of hydrogen-bond acceptors (Lipinski definition) is 5. The van der Waals surface area contributed by atoms with Crippen LogP contribution in [0.4, 0.5) is 5.82 Å². The van der Waals surface area contributed by atoms with Crippen molar-refractivity contribution in [3.05, 3.63) is 17.8 Å². The first kappa shape index (κ1) is 11.9. The summed E-state index contributed by atoms with van der Waals surface area (Å²) in [5.74, 6) is 1.75. The Kier molecular flexibility index (Phi) is 3.18. The van der Waals surface area contributed by atoms with Crippen molar-refractivity contribution in [1.29, 1.82) is 0 Å². The molecule has 0 amide bonds. The lowest BCUT2D eigenvalue weighted by Gasteiger charge is -2.36. The highest BCUT2D eigenvalue weighted by Gasteiger charge is 2.24. The van der Waals surface area contributed by atoms with Crippen LogP contribution >= 0.6 is 11.3 Å².